The quantitative estimate of drug-likeness (QED) is 0.651. The van der Waals surface area contributed by atoms with Crippen molar-refractivity contribution in [3.63, 3.8) is 0 Å². The monoisotopic (exact) mass is 258 g/mol. The first-order valence-corrected chi connectivity index (χ1v) is 6.21. The Balaban J connectivity index is 2.70. The summed E-state index contributed by atoms with van der Waals surface area (Å²) in [4.78, 5) is 11.6. The molecule has 0 aliphatic carbocycles. The predicted octanol–water partition coefficient (Wildman–Crippen LogP) is 2.53. The van der Waals surface area contributed by atoms with Gasteiger partial charge in [0.2, 0.25) is 0 Å². The minimum absolute atomic E-state index is 0.261. The lowest BCUT2D eigenvalue weighted by molar-refractivity contribution is -0.140. The molecule has 1 unspecified atom stereocenters. The number of hydrogen-bond donors (Lipinski definition) is 1. The van der Waals surface area contributed by atoms with E-state index in [2.05, 4.69) is 4.74 Å². The molecule has 0 heterocycles. The summed E-state index contributed by atoms with van der Waals surface area (Å²) in [7, 11) is 1.33. The molecular formula is C12H15FO3S. The molecule has 1 aromatic carbocycles. The molecule has 0 fully saturated rings. The second kappa shape index (κ2) is 6.61. The zero-order valence-corrected chi connectivity index (χ0v) is 10.6. The highest BCUT2D eigenvalue weighted by Crippen LogP contribution is 2.30. The third kappa shape index (κ3) is 4.02. The number of methoxy groups -OCH3 is 1. The third-order valence-electron chi connectivity index (χ3n) is 2.22. The number of carbonyl (C=O) groups is 1. The first kappa shape index (κ1) is 14.0. The molecular weight excluding hydrogens is 243 g/mol. The van der Waals surface area contributed by atoms with Gasteiger partial charge in [-0.2, -0.15) is 0 Å². The Morgan fingerprint density at radius 1 is 1.59 bits per heavy atom. The van der Waals surface area contributed by atoms with Crippen LogP contribution >= 0.6 is 11.8 Å². The first-order valence-electron chi connectivity index (χ1n) is 5.22. The number of aliphatic hydroxyl groups excluding tert-OH is 1. The van der Waals surface area contributed by atoms with Crippen molar-refractivity contribution in [2.45, 2.75) is 24.3 Å². The van der Waals surface area contributed by atoms with Gasteiger partial charge in [-0.3, -0.25) is 4.79 Å². The molecule has 1 atom stereocenters. The van der Waals surface area contributed by atoms with Gasteiger partial charge >= 0.3 is 5.97 Å². The summed E-state index contributed by atoms with van der Waals surface area (Å²) in [5, 5.41) is 9.50. The molecule has 0 saturated heterocycles. The van der Waals surface area contributed by atoms with Gasteiger partial charge in [-0.15, -0.1) is 11.8 Å². The Morgan fingerprint density at radius 2 is 2.29 bits per heavy atom. The van der Waals surface area contributed by atoms with Crippen LogP contribution in [0.4, 0.5) is 4.39 Å². The van der Waals surface area contributed by atoms with E-state index in [1.165, 1.54) is 31.9 Å². The highest BCUT2D eigenvalue weighted by atomic mass is 32.2. The molecule has 1 aromatic rings. The Bertz CT molecular complexity index is 393. The number of esters is 1. The molecule has 0 saturated carbocycles. The SMILES string of the molecule is COC(=O)CCSc1cccc(F)c1C(C)O. The molecule has 94 valence electrons. The number of hydrogen-bond acceptors (Lipinski definition) is 4. The summed E-state index contributed by atoms with van der Waals surface area (Å²) in [5.74, 6) is -0.230. The van der Waals surface area contributed by atoms with Crippen molar-refractivity contribution in [1.82, 2.24) is 0 Å². The average molecular weight is 258 g/mol. The van der Waals surface area contributed by atoms with Crippen LogP contribution in [0.2, 0.25) is 0 Å². The van der Waals surface area contributed by atoms with Gasteiger partial charge in [0, 0.05) is 16.2 Å². The molecule has 0 aromatic heterocycles. The maximum atomic E-state index is 13.5. The molecule has 0 radical (unpaired) electrons. The van der Waals surface area contributed by atoms with Crippen LogP contribution in [-0.4, -0.2) is 23.9 Å². The highest BCUT2D eigenvalue weighted by Gasteiger charge is 2.14. The highest BCUT2D eigenvalue weighted by molar-refractivity contribution is 7.99. The van der Waals surface area contributed by atoms with Crippen LogP contribution in [0.15, 0.2) is 23.1 Å². The lowest BCUT2D eigenvalue weighted by Crippen LogP contribution is -2.02. The third-order valence-corrected chi connectivity index (χ3v) is 3.30. The molecule has 0 spiro atoms. The lowest BCUT2D eigenvalue weighted by atomic mass is 10.1. The van der Waals surface area contributed by atoms with E-state index in [9.17, 15) is 14.3 Å². The van der Waals surface area contributed by atoms with Crippen molar-refractivity contribution in [2.24, 2.45) is 0 Å². The van der Waals surface area contributed by atoms with Crippen LogP contribution in [-0.2, 0) is 9.53 Å². The fraction of sp³-hybridized carbons (Fsp3) is 0.417. The molecule has 3 nitrogen and oxygen atoms in total. The fourth-order valence-corrected chi connectivity index (χ4v) is 2.48. The van der Waals surface area contributed by atoms with E-state index < -0.39 is 11.9 Å². The van der Waals surface area contributed by atoms with E-state index in [0.29, 0.717) is 10.6 Å². The predicted molar refractivity (Wildman–Crippen MR) is 64.4 cm³/mol. The normalized spacial score (nSPS) is 12.2. The second-order valence-electron chi connectivity index (χ2n) is 3.50. The van der Waals surface area contributed by atoms with E-state index in [1.807, 2.05) is 0 Å². The molecule has 0 aliphatic heterocycles. The summed E-state index contributed by atoms with van der Waals surface area (Å²) >= 11 is 1.33. The topological polar surface area (TPSA) is 46.5 Å². The van der Waals surface area contributed by atoms with Gasteiger partial charge in [0.05, 0.1) is 19.6 Å². The van der Waals surface area contributed by atoms with Crippen molar-refractivity contribution < 1.29 is 19.0 Å². The van der Waals surface area contributed by atoms with Crippen molar-refractivity contribution in [3.05, 3.63) is 29.6 Å². The number of halogens is 1. The standard InChI is InChI=1S/C12H15FO3S/c1-8(14)12-9(13)4-3-5-10(12)17-7-6-11(15)16-2/h3-5,8,14H,6-7H2,1-2H3. The molecule has 0 aliphatic rings. The number of ether oxygens (including phenoxy) is 1. The van der Waals surface area contributed by atoms with Crippen molar-refractivity contribution in [2.75, 3.05) is 12.9 Å². The van der Waals surface area contributed by atoms with E-state index in [-0.39, 0.29) is 18.0 Å². The fourth-order valence-electron chi connectivity index (χ4n) is 1.39. The Morgan fingerprint density at radius 3 is 2.88 bits per heavy atom. The summed E-state index contributed by atoms with van der Waals surface area (Å²) in [6, 6.07) is 4.63. The summed E-state index contributed by atoms with van der Waals surface area (Å²) in [6.07, 6.45) is -0.603. The lowest BCUT2D eigenvalue weighted by Gasteiger charge is -2.12. The number of aliphatic hydroxyl groups is 1. The number of thioether (sulfide) groups is 1. The van der Waals surface area contributed by atoms with Crippen LogP contribution in [0, 0.1) is 5.82 Å². The second-order valence-corrected chi connectivity index (χ2v) is 4.64. The molecule has 0 bridgehead atoms. The zero-order valence-electron chi connectivity index (χ0n) is 9.77. The van der Waals surface area contributed by atoms with Crippen LogP contribution in [0.25, 0.3) is 0 Å². The molecule has 17 heavy (non-hydrogen) atoms. The van der Waals surface area contributed by atoms with Crippen molar-refractivity contribution >= 4 is 17.7 Å². The van der Waals surface area contributed by atoms with Crippen LogP contribution in [0.5, 0.6) is 0 Å². The summed E-state index contributed by atoms with van der Waals surface area (Å²) in [5.41, 5.74) is 0.280. The minimum Gasteiger partial charge on any atom is -0.469 e. The van der Waals surface area contributed by atoms with Gasteiger partial charge in [0.1, 0.15) is 5.82 Å². The number of carbonyl (C=O) groups excluding carboxylic acids is 1. The first-order chi connectivity index (χ1) is 8.06. The van der Waals surface area contributed by atoms with Crippen LogP contribution in [0.3, 0.4) is 0 Å². The molecule has 5 heteroatoms. The minimum atomic E-state index is -0.864. The number of rotatable bonds is 5. The Hall–Kier alpha value is -1.07. The molecule has 0 amide bonds. The van der Waals surface area contributed by atoms with Crippen molar-refractivity contribution in [1.29, 1.82) is 0 Å². The largest absolute Gasteiger partial charge is 0.469 e. The summed E-state index contributed by atoms with van der Waals surface area (Å²) < 4.78 is 18.0. The number of benzene rings is 1. The van der Waals surface area contributed by atoms with E-state index in [0.717, 1.165) is 0 Å². The molecule has 1 N–H and O–H groups in total. The molecule has 1 rings (SSSR count). The average Bonchev–Trinajstić information content (AvgIpc) is 2.28. The smallest absolute Gasteiger partial charge is 0.306 e. The van der Waals surface area contributed by atoms with Gasteiger partial charge in [-0.25, -0.2) is 4.39 Å². The van der Waals surface area contributed by atoms with Gasteiger partial charge in [-0.1, -0.05) is 6.07 Å². The van der Waals surface area contributed by atoms with Crippen LogP contribution in [0.1, 0.15) is 25.0 Å². The maximum Gasteiger partial charge on any atom is 0.306 e. The van der Waals surface area contributed by atoms with Crippen LogP contribution < -0.4 is 0 Å². The maximum absolute atomic E-state index is 13.5. The van der Waals surface area contributed by atoms with E-state index in [4.69, 9.17) is 0 Å². The Kier molecular flexibility index (Phi) is 5.44. The van der Waals surface area contributed by atoms with E-state index in [1.54, 1.807) is 12.1 Å². The summed E-state index contributed by atoms with van der Waals surface area (Å²) in [6.45, 7) is 1.52. The van der Waals surface area contributed by atoms with E-state index >= 15 is 0 Å². The van der Waals surface area contributed by atoms with Crippen molar-refractivity contribution in [3.8, 4) is 0 Å². The van der Waals surface area contributed by atoms with Gasteiger partial charge in [-0.05, 0) is 19.1 Å². The zero-order chi connectivity index (χ0) is 12.8. The van der Waals surface area contributed by atoms with Gasteiger partial charge < -0.3 is 9.84 Å². The Labute approximate surface area is 104 Å². The van der Waals surface area contributed by atoms with Gasteiger partial charge in [0.25, 0.3) is 0 Å². The van der Waals surface area contributed by atoms with Gasteiger partial charge in [0.15, 0.2) is 0 Å².